The molecule has 0 bridgehead atoms. The van der Waals surface area contributed by atoms with Crippen molar-refractivity contribution in [1.82, 2.24) is 0 Å². The molecule has 0 spiro atoms. The molecule has 1 aromatic rings. The topological polar surface area (TPSA) is 118 Å². The Morgan fingerprint density at radius 1 is 1.41 bits per heavy atom. The SMILES string of the molecule is CCC1(C(=O)Oc2ccc(N)cc2)N=NC(=O)C(C#N)=C1C. The van der Waals surface area contributed by atoms with Crippen molar-refractivity contribution in [2.75, 3.05) is 5.73 Å². The van der Waals surface area contributed by atoms with Crippen LogP contribution in [0.15, 0.2) is 45.6 Å². The van der Waals surface area contributed by atoms with Gasteiger partial charge in [0.05, 0.1) is 0 Å². The molecule has 1 heterocycles. The molecule has 7 nitrogen and oxygen atoms in total. The van der Waals surface area contributed by atoms with Gasteiger partial charge in [0.2, 0.25) is 5.54 Å². The number of azo groups is 1. The minimum atomic E-state index is -1.46. The monoisotopic (exact) mass is 298 g/mol. The normalized spacial score (nSPS) is 20.7. The van der Waals surface area contributed by atoms with Crippen molar-refractivity contribution in [2.45, 2.75) is 25.8 Å². The predicted molar refractivity (Wildman–Crippen MR) is 77.7 cm³/mol. The number of nitrogens with zero attached hydrogens (tertiary/aromatic N) is 3. The van der Waals surface area contributed by atoms with Crippen LogP contribution in [0.4, 0.5) is 5.69 Å². The van der Waals surface area contributed by atoms with Gasteiger partial charge in [-0.2, -0.15) is 10.4 Å². The number of benzene rings is 1. The number of carbonyl (C=O) groups excluding carboxylic acids is 2. The standard InChI is InChI=1S/C15H14N4O3/c1-3-15(9(2)12(8-16)13(20)18-19-15)14(21)22-11-6-4-10(17)5-7-11/h4-7H,3,17H2,1-2H3. The largest absolute Gasteiger partial charge is 0.424 e. The number of carbonyl (C=O) groups is 2. The summed E-state index contributed by atoms with van der Waals surface area (Å²) in [5.74, 6) is -1.14. The molecule has 1 aromatic carbocycles. The summed E-state index contributed by atoms with van der Waals surface area (Å²) in [7, 11) is 0. The average Bonchev–Trinajstić information content (AvgIpc) is 2.51. The van der Waals surface area contributed by atoms with Crippen LogP contribution in [0.1, 0.15) is 20.3 Å². The van der Waals surface area contributed by atoms with E-state index in [-0.39, 0.29) is 17.6 Å². The minimum Gasteiger partial charge on any atom is -0.424 e. The van der Waals surface area contributed by atoms with Crippen molar-refractivity contribution in [2.24, 2.45) is 10.2 Å². The summed E-state index contributed by atoms with van der Waals surface area (Å²) in [6, 6.07) is 8.05. The van der Waals surface area contributed by atoms with Gasteiger partial charge in [-0.25, -0.2) is 4.79 Å². The Balaban J connectivity index is 2.38. The maximum atomic E-state index is 12.5. The molecule has 0 radical (unpaired) electrons. The number of nitrogen functional groups attached to an aromatic ring is 1. The van der Waals surface area contributed by atoms with Gasteiger partial charge in [0.25, 0.3) is 0 Å². The van der Waals surface area contributed by atoms with Gasteiger partial charge in [0.1, 0.15) is 17.4 Å². The second-order valence-electron chi connectivity index (χ2n) is 4.79. The van der Waals surface area contributed by atoms with Crippen molar-refractivity contribution in [3.8, 4) is 11.8 Å². The Morgan fingerprint density at radius 2 is 2.05 bits per heavy atom. The van der Waals surface area contributed by atoms with E-state index in [2.05, 4.69) is 10.2 Å². The fourth-order valence-electron chi connectivity index (χ4n) is 2.16. The van der Waals surface area contributed by atoms with E-state index in [0.29, 0.717) is 11.4 Å². The number of esters is 1. The van der Waals surface area contributed by atoms with Crippen LogP contribution < -0.4 is 10.5 Å². The van der Waals surface area contributed by atoms with Crippen molar-refractivity contribution in [3.63, 3.8) is 0 Å². The summed E-state index contributed by atoms with van der Waals surface area (Å²) in [5.41, 5.74) is 4.72. The van der Waals surface area contributed by atoms with E-state index in [9.17, 15) is 9.59 Å². The lowest BCUT2D eigenvalue weighted by Crippen LogP contribution is -2.43. The Labute approximate surface area is 127 Å². The number of rotatable bonds is 3. The molecule has 7 heteroatoms. The van der Waals surface area contributed by atoms with Crippen molar-refractivity contribution in [1.29, 1.82) is 5.26 Å². The van der Waals surface area contributed by atoms with E-state index in [4.69, 9.17) is 15.7 Å². The number of amides is 1. The van der Waals surface area contributed by atoms with Crippen LogP contribution in [0, 0.1) is 11.3 Å². The number of ether oxygens (including phenoxy) is 1. The highest BCUT2D eigenvalue weighted by Crippen LogP contribution is 2.34. The van der Waals surface area contributed by atoms with Crippen LogP contribution in [0.5, 0.6) is 5.75 Å². The van der Waals surface area contributed by atoms with Crippen molar-refractivity contribution in [3.05, 3.63) is 35.4 Å². The van der Waals surface area contributed by atoms with E-state index in [1.165, 1.54) is 6.92 Å². The highest BCUT2D eigenvalue weighted by molar-refractivity contribution is 6.02. The molecule has 22 heavy (non-hydrogen) atoms. The molecule has 1 amide bonds. The third-order valence-electron chi connectivity index (χ3n) is 3.57. The molecule has 1 aliphatic rings. The quantitative estimate of drug-likeness (QED) is 0.521. The smallest absolute Gasteiger partial charge is 0.345 e. The third kappa shape index (κ3) is 2.46. The first kappa shape index (κ1) is 15.4. The molecule has 1 unspecified atom stereocenters. The molecule has 0 aromatic heterocycles. The van der Waals surface area contributed by atoms with Crippen LogP contribution in [-0.4, -0.2) is 17.4 Å². The lowest BCUT2D eigenvalue weighted by atomic mass is 9.84. The molecule has 1 aliphatic heterocycles. The molecule has 0 aliphatic carbocycles. The fourth-order valence-corrected chi connectivity index (χ4v) is 2.16. The molecule has 1 atom stereocenters. The average molecular weight is 298 g/mol. The van der Waals surface area contributed by atoms with Crippen LogP contribution in [0.3, 0.4) is 0 Å². The molecule has 2 rings (SSSR count). The molecule has 0 fully saturated rings. The fraction of sp³-hybridized carbons (Fsp3) is 0.267. The molecule has 0 saturated carbocycles. The number of nitriles is 1. The van der Waals surface area contributed by atoms with Gasteiger partial charge in [0, 0.05) is 5.69 Å². The van der Waals surface area contributed by atoms with Gasteiger partial charge in [-0.15, -0.1) is 5.11 Å². The van der Waals surface area contributed by atoms with Gasteiger partial charge < -0.3 is 10.5 Å². The maximum absolute atomic E-state index is 12.5. The molecule has 2 N–H and O–H groups in total. The van der Waals surface area contributed by atoms with Crippen LogP contribution in [0.2, 0.25) is 0 Å². The van der Waals surface area contributed by atoms with Crippen molar-refractivity contribution < 1.29 is 14.3 Å². The number of nitrogens with two attached hydrogens (primary N) is 1. The first-order chi connectivity index (χ1) is 10.4. The van der Waals surface area contributed by atoms with E-state index in [1.807, 2.05) is 0 Å². The van der Waals surface area contributed by atoms with Gasteiger partial charge in [-0.1, -0.05) is 6.92 Å². The first-order valence-electron chi connectivity index (χ1n) is 6.61. The molecular weight excluding hydrogens is 284 g/mol. The molecule has 0 saturated heterocycles. The Morgan fingerprint density at radius 3 is 2.59 bits per heavy atom. The Bertz CT molecular complexity index is 728. The second-order valence-corrected chi connectivity index (χ2v) is 4.79. The molecular formula is C15H14N4O3. The summed E-state index contributed by atoms with van der Waals surface area (Å²) in [6.07, 6.45) is 0.217. The maximum Gasteiger partial charge on any atom is 0.345 e. The van der Waals surface area contributed by atoms with Gasteiger partial charge in [-0.05, 0) is 43.2 Å². The summed E-state index contributed by atoms with van der Waals surface area (Å²) >= 11 is 0. The lowest BCUT2D eigenvalue weighted by molar-refractivity contribution is -0.139. The Hall–Kier alpha value is -3.01. The highest BCUT2D eigenvalue weighted by Gasteiger charge is 2.46. The van der Waals surface area contributed by atoms with Gasteiger partial charge in [0.15, 0.2) is 0 Å². The van der Waals surface area contributed by atoms with Gasteiger partial charge >= 0.3 is 11.9 Å². The van der Waals surface area contributed by atoms with E-state index in [1.54, 1.807) is 37.3 Å². The minimum absolute atomic E-state index is 0.175. The van der Waals surface area contributed by atoms with Crippen LogP contribution >= 0.6 is 0 Å². The van der Waals surface area contributed by atoms with E-state index in [0.717, 1.165) is 0 Å². The predicted octanol–water partition coefficient (Wildman–Crippen LogP) is 2.16. The second kappa shape index (κ2) is 5.77. The van der Waals surface area contributed by atoms with Gasteiger partial charge in [-0.3, -0.25) is 4.79 Å². The summed E-state index contributed by atoms with van der Waals surface area (Å²) in [4.78, 5) is 24.1. The van der Waals surface area contributed by atoms with E-state index >= 15 is 0 Å². The number of hydrogen-bond donors (Lipinski definition) is 1. The zero-order chi connectivity index (χ0) is 16.3. The zero-order valence-electron chi connectivity index (χ0n) is 12.2. The highest BCUT2D eigenvalue weighted by atomic mass is 16.5. The first-order valence-corrected chi connectivity index (χ1v) is 6.61. The number of anilines is 1. The molecule has 112 valence electrons. The lowest BCUT2D eigenvalue weighted by Gasteiger charge is -2.28. The zero-order valence-corrected chi connectivity index (χ0v) is 12.2. The summed E-state index contributed by atoms with van der Waals surface area (Å²) < 4.78 is 5.30. The van der Waals surface area contributed by atoms with Crippen LogP contribution in [0.25, 0.3) is 0 Å². The van der Waals surface area contributed by atoms with E-state index < -0.39 is 17.4 Å². The number of hydrogen-bond acceptors (Lipinski definition) is 6. The van der Waals surface area contributed by atoms with Crippen LogP contribution in [-0.2, 0) is 9.59 Å². The summed E-state index contributed by atoms with van der Waals surface area (Å²) in [5, 5.41) is 16.3. The Kier molecular flexibility index (Phi) is 4.04. The summed E-state index contributed by atoms with van der Waals surface area (Å²) in [6.45, 7) is 3.22. The third-order valence-corrected chi connectivity index (χ3v) is 3.57. The van der Waals surface area contributed by atoms with Crippen molar-refractivity contribution >= 4 is 17.6 Å².